The maximum absolute atomic E-state index is 13.6. The van der Waals surface area contributed by atoms with Crippen molar-refractivity contribution in [2.75, 3.05) is 49.4 Å². The van der Waals surface area contributed by atoms with Crippen molar-refractivity contribution in [3.63, 3.8) is 0 Å². The second kappa shape index (κ2) is 17.9. The number of rotatable bonds is 16. The van der Waals surface area contributed by atoms with Gasteiger partial charge < -0.3 is 28.6 Å². The average molecular weight is 819 g/mol. The van der Waals surface area contributed by atoms with Gasteiger partial charge in [-0.2, -0.15) is 23.5 Å². The van der Waals surface area contributed by atoms with Crippen LogP contribution < -0.4 is 30.1 Å². The van der Waals surface area contributed by atoms with E-state index in [0.29, 0.717) is 11.4 Å². The number of aromatic nitrogens is 2. The fourth-order valence-corrected chi connectivity index (χ4v) is 6.36. The number of carbonyl (C=O) groups is 3. The van der Waals surface area contributed by atoms with E-state index in [1.807, 2.05) is 0 Å². The molecule has 2 saturated heterocycles. The van der Waals surface area contributed by atoms with Gasteiger partial charge in [0.05, 0.1) is 55.5 Å². The van der Waals surface area contributed by atoms with Gasteiger partial charge in [0.2, 0.25) is 5.91 Å². The van der Waals surface area contributed by atoms with Crippen LogP contribution in [0.5, 0.6) is 11.5 Å². The molecule has 0 saturated carbocycles. The van der Waals surface area contributed by atoms with Crippen molar-refractivity contribution in [3.8, 4) is 17.6 Å². The number of imide groups is 1. The van der Waals surface area contributed by atoms with Gasteiger partial charge in [0.1, 0.15) is 43.1 Å². The van der Waals surface area contributed by atoms with Gasteiger partial charge >= 0.3 is 6.18 Å². The molecule has 2 aromatic carbocycles. The van der Waals surface area contributed by atoms with Crippen LogP contribution in [0, 0.1) is 11.3 Å². The van der Waals surface area contributed by atoms with Gasteiger partial charge in [-0.3, -0.25) is 29.4 Å². The minimum atomic E-state index is -4.80. The Kier molecular flexibility index (Phi) is 13.3. The zero-order valence-electron chi connectivity index (χ0n) is 29.8. The predicted octanol–water partition coefficient (Wildman–Crippen LogP) is 4.66. The Hall–Kier alpha value is -5.55. The molecule has 0 bridgehead atoms. The molecule has 2 aliphatic heterocycles. The van der Waals surface area contributed by atoms with Gasteiger partial charge in [-0.15, -0.1) is 0 Å². The van der Waals surface area contributed by atoms with Crippen LogP contribution in [0.4, 0.5) is 24.5 Å². The number of halogens is 4. The minimum Gasteiger partial charge on any atom is -0.496 e. The molecular weight excluding hydrogens is 785 g/mol. The molecule has 0 spiro atoms. The van der Waals surface area contributed by atoms with Crippen molar-refractivity contribution in [2.45, 2.75) is 44.4 Å². The third-order valence-corrected chi connectivity index (χ3v) is 9.14. The summed E-state index contributed by atoms with van der Waals surface area (Å²) < 4.78 is 69.0. The lowest BCUT2D eigenvalue weighted by atomic mass is 10.0. The Labute approximate surface area is 328 Å². The Morgan fingerprint density at radius 2 is 1.66 bits per heavy atom. The fraction of sp³-hybridized carbons (Fsp3) is 0.361. The molecule has 15 nitrogen and oxygen atoms in total. The van der Waals surface area contributed by atoms with Crippen molar-refractivity contribution in [3.05, 3.63) is 87.7 Å². The molecular formula is C36H34ClF3N6O9S. The quantitative estimate of drug-likeness (QED) is 0.0916. The summed E-state index contributed by atoms with van der Waals surface area (Å²) in [5.41, 5.74) is -3.28. The number of hydrogen-bond acceptors (Lipinski definition) is 12. The topological polar surface area (TPSA) is 175 Å². The number of alkyl halides is 3. The highest BCUT2D eigenvalue weighted by Crippen LogP contribution is 2.40. The van der Waals surface area contributed by atoms with Crippen LogP contribution in [0.15, 0.2) is 66.0 Å². The largest absolute Gasteiger partial charge is 0.496 e. The van der Waals surface area contributed by atoms with Crippen LogP contribution in [0.3, 0.4) is 0 Å². The zero-order valence-corrected chi connectivity index (χ0v) is 31.4. The number of hydrogen-bond donors (Lipinski definition) is 1. The maximum Gasteiger partial charge on any atom is 0.417 e. The number of thiocarbonyl (C=S) groups is 1. The SMILES string of the molecule is CC1(C)C(=O)N(c2ccc(C#N)c(C(F)(F)F)c2)C(=S)N1c1ccc(OCCOCCOCCOC=COc2cnn(C3CCC(=O)NC3=O)c(=O)c2Cl)cc1. The molecule has 1 aromatic heterocycles. The van der Waals surface area contributed by atoms with Crippen LogP contribution in [0.2, 0.25) is 5.02 Å². The van der Waals surface area contributed by atoms with Gasteiger partial charge in [0.25, 0.3) is 17.4 Å². The minimum absolute atomic E-state index is 0.0193. The van der Waals surface area contributed by atoms with Crippen LogP contribution in [-0.2, 0) is 34.8 Å². The third-order valence-electron chi connectivity index (χ3n) is 8.43. The Balaban J connectivity index is 0.979. The van der Waals surface area contributed by atoms with Gasteiger partial charge in [-0.1, -0.05) is 11.6 Å². The van der Waals surface area contributed by atoms with E-state index in [-0.39, 0.29) is 74.1 Å². The fourth-order valence-electron chi connectivity index (χ4n) is 5.66. The van der Waals surface area contributed by atoms with Crippen molar-refractivity contribution in [1.82, 2.24) is 15.1 Å². The molecule has 296 valence electrons. The van der Waals surface area contributed by atoms with E-state index in [2.05, 4.69) is 10.4 Å². The van der Waals surface area contributed by atoms with E-state index in [9.17, 15) is 32.3 Å². The summed E-state index contributed by atoms with van der Waals surface area (Å²) in [7, 11) is 0. The summed E-state index contributed by atoms with van der Waals surface area (Å²) >= 11 is 11.7. The third kappa shape index (κ3) is 9.45. The van der Waals surface area contributed by atoms with Crippen LogP contribution in [0.1, 0.15) is 43.9 Å². The standard InChI is InChI=1S/C36H34ClF3N6O9S/c1-35(2)33(50)44(24-4-3-22(20-41)26(19-24)36(38,39)40)34(56)45(35)23-5-7-25(8-6-23)54-17-15-52-13-11-51-12-14-53-16-18-55-28-21-42-46(32(49)30(28)37)27-9-10-29(47)43-31(27)48/h3-8,16,18-19,21,27H,9-15,17H2,1-2H3,(H,43,47,48). The summed E-state index contributed by atoms with van der Waals surface area (Å²) in [5, 5.41) is 14.9. The molecule has 2 aliphatic rings. The predicted molar refractivity (Wildman–Crippen MR) is 197 cm³/mol. The average Bonchev–Trinajstić information content (AvgIpc) is 3.33. The number of carbonyl (C=O) groups excluding carboxylic acids is 3. The van der Waals surface area contributed by atoms with Crippen LogP contribution >= 0.6 is 23.8 Å². The second-order valence-corrected chi connectivity index (χ2v) is 13.3. The monoisotopic (exact) mass is 818 g/mol. The molecule has 2 fully saturated rings. The number of nitrogens with one attached hydrogen (secondary N) is 1. The van der Waals surface area contributed by atoms with Crippen molar-refractivity contribution in [1.29, 1.82) is 5.26 Å². The molecule has 0 aliphatic carbocycles. The molecule has 20 heteroatoms. The Bertz CT molecular complexity index is 2110. The van der Waals surface area contributed by atoms with Crippen LogP contribution in [-0.4, -0.2) is 77.8 Å². The first kappa shape index (κ1) is 41.6. The number of benzene rings is 2. The molecule has 0 radical (unpaired) electrons. The molecule has 56 heavy (non-hydrogen) atoms. The highest BCUT2D eigenvalue weighted by atomic mass is 35.5. The lowest BCUT2D eigenvalue weighted by molar-refractivity contribution is -0.138. The second-order valence-electron chi connectivity index (χ2n) is 12.5. The first-order valence-electron chi connectivity index (χ1n) is 16.9. The number of nitrogens with zero attached hydrogens (tertiary/aromatic N) is 5. The lowest BCUT2D eigenvalue weighted by Gasteiger charge is -2.29. The van der Waals surface area contributed by atoms with E-state index in [4.69, 9.17) is 52.8 Å². The first-order valence-corrected chi connectivity index (χ1v) is 17.7. The van der Waals surface area contributed by atoms with Gasteiger partial charge in [-0.25, -0.2) is 4.68 Å². The maximum atomic E-state index is 13.6. The summed E-state index contributed by atoms with van der Waals surface area (Å²) in [4.78, 5) is 52.0. The van der Waals surface area contributed by atoms with E-state index < -0.39 is 52.2 Å². The summed E-state index contributed by atoms with van der Waals surface area (Å²) in [6, 6.07) is 10.3. The van der Waals surface area contributed by atoms with E-state index in [1.165, 1.54) is 24.6 Å². The number of amides is 3. The van der Waals surface area contributed by atoms with Crippen molar-refractivity contribution in [2.24, 2.45) is 0 Å². The lowest BCUT2D eigenvalue weighted by Crippen LogP contribution is -2.45. The van der Waals surface area contributed by atoms with Gasteiger partial charge in [-0.05, 0) is 75.0 Å². The van der Waals surface area contributed by atoms with Gasteiger partial charge in [0.15, 0.2) is 15.9 Å². The van der Waals surface area contributed by atoms with E-state index in [0.717, 1.165) is 28.0 Å². The van der Waals surface area contributed by atoms with E-state index in [1.54, 1.807) is 43.0 Å². The molecule has 1 atom stereocenters. The Morgan fingerprint density at radius 3 is 2.32 bits per heavy atom. The summed E-state index contributed by atoms with van der Waals surface area (Å²) in [6.07, 6.45) is -1.04. The van der Waals surface area contributed by atoms with Crippen molar-refractivity contribution >= 4 is 58.0 Å². The molecule has 5 rings (SSSR count). The molecule has 1 N–H and O–H groups in total. The zero-order chi connectivity index (χ0) is 40.6. The van der Waals surface area contributed by atoms with Gasteiger partial charge in [0, 0.05) is 12.1 Å². The highest BCUT2D eigenvalue weighted by molar-refractivity contribution is 7.81. The number of anilines is 2. The molecule has 3 amide bonds. The first-order chi connectivity index (χ1) is 26.6. The molecule has 3 heterocycles. The summed E-state index contributed by atoms with van der Waals surface area (Å²) in [5.74, 6) is -1.13. The number of ether oxygens (including phenoxy) is 5. The molecule has 1 unspecified atom stereocenters. The van der Waals surface area contributed by atoms with E-state index >= 15 is 0 Å². The van der Waals surface area contributed by atoms with Crippen LogP contribution in [0.25, 0.3) is 0 Å². The number of piperidine rings is 1. The van der Waals surface area contributed by atoms with Crippen molar-refractivity contribution < 1.29 is 51.2 Å². The normalized spacial score (nSPS) is 17.0. The summed E-state index contributed by atoms with van der Waals surface area (Å²) in [6.45, 7) is 4.69. The Morgan fingerprint density at radius 1 is 1.00 bits per heavy atom. The smallest absolute Gasteiger partial charge is 0.417 e. The number of nitriles is 1. The highest BCUT2D eigenvalue weighted by Gasteiger charge is 2.50. The molecule has 3 aromatic rings.